The Bertz CT molecular complexity index is 234. The average Bonchev–Trinajstić information content (AvgIpc) is 2.96. The summed E-state index contributed by atoms with van der Waals surface area (Å²) in [5.41, 5.74) is 0.640. The minimum atomic E-state index is 0.640. The van der Waals surface area contributed by atoms with Gasteiger partial charge in [-0.05, 0) is 56.3 Å². The Morgan fingerprint density at radius 1 is 1.00 bits per heavy atom. The third kappa shape index (κ3) is 3.73. The third-order valence-corrected chi connectivity index (χ3v) is 5.41. The van der Waals surface area contributed by atoms with Gasteiger partial charge in [-0.1, -0.05) is 39.5 Å². The molecule has 2 fully saturated rings. The summed E-state index contributed by atoms with van der Waals surface area (Å²) in [6.45, 7) is 8.48. The summed E-state index contributed by atoms with van der Waals surface area (Å²) >= 11 is 0. The summed E-state index contributed by atoms with van der Waals surface area (Å²) in [6, 6.07) is 0.747. The molecule has 0 spiro atoms. The fourth-order valence-electron chi connectivity index (χ4n) is 4.45. The number of rotatable bonds is 6. The van der Waals surface area contributed by atoms with E-state index in [1.807, 2.05) is 0 Å². The van der Waals surface area contributed by atoms with E-state index >= 15 is 0 Å². The maximum Gasteiger partial charge on any atom is 0.00672 e. The Labute approximate surface area is 114 Å². The van der Waals surface area contributed by atoms with Gasteiger partial charge in [0.25, 0.3) is 0 Å². The first-order valence-corrected chi connectivity index (χ1v) is 8.35. The van der Waals surface area contributed by atoms with Gasteiger partial charge in [0.1, 0.15) is 0 Å². The predicted octanol–water partition coefficient (Wildman–Crippen LogP) is 4.76. The van der Waals surface area contributed by atoms with Gasteiger partial charge in [0.15, 0.2) is 0 Å². The lowest BCUT2D eigenvalue weighted by Gasteiger charge is -2.34. The molecule has 0 aromatic rings. The largest absolute Gasteiger partial charge is 0.313 e. The first kappa shape index (κ1) is 14.4. The van der Waals surface area contributed by atoms with Gasteiger partial charge in [0.05, 0.1) is 0 Å². The predicted molar refractivity (Wildman–Crippen MR) is 79.8 cm³/mol. The summed E-state index contributed by atoms with van der Waals surface area (Å²) in [6.07, 6.45) is 13.2. The molecule has 2 rings (SSSR count). The molecule has 1 atom stereocenters. The van der Waals surface area contributed by atoms with Crippen LogP contribution in [0.15, 0.2) is 0 Å². The van der Waals surface area contributed by atoms with Crippen molar-refractivity contribution < 1.29 is 0 Å². The molecule has 1 nitrogen and oxygen atoms in total. The maximum absolute atomic E-state index is 3.91. The van der Waals surface area contributed by atoms with Crippen molar-refractivity contribution in [1.82, 2.24) is 5.32 Å². The van der Waals surface area contributed by atoms with Crippen LogP contribution in [0.4, 0.5) is 0 Å². The van der Waals surface area contributed by atoms with Crippen molar-refractivity contribution in [2.45, 2.75) is 84.6 Å². The third-order valence-electron chi connectivity index (χ3n) is 5.41. The molecule has 1 N–H and O–H groups in total. The summed E-state index contributed by atoms with van der Waals surface area (Å²) in [4.78, 5) is 0. The molecule has 0 aromatic carbocycles. The molecule has 2 aliphatic carbocycles. The summed E-state index contributed by atoms with van der Waals surface area (Å²) in [5, 5.41) is 3.91. The Hall–Kier alpha value is -0.0400. The first-order valence-electron chi connectivity index (χ1n) is 8.35. The van der Waals surface area contributed by atoms with E-state index in [9.17, 15) is 0 Å². The summed E-state index contributed by atoms with van der Waals surface area (Å²) < 4.78 is 0. The maximum atomic E-state index is 3.91. The van der Waals surface area contributed by atoms with E-state index in [4.69, 9.17) is 0 Å². The lowest BCUT2D eigenvalue weighted by atomic mass is 9.78. The van der Waals surface area contributed by atoms with Gasteiger partial charge in [0, 0.05) is 12.6 Å². The quantitative estimate of drug-likeness (QED) is 0.717. The highest BCUT2D eigenvalue weighted by Crippen LogP contribution is 2.43. The molecular formula is C17H33N. The Kier molecular flexibility index (Phi) is 5.12. The van der Waals surface area contributed by atoms with Crippen LogP contribution in [0.25, 0.3) is 0 Å². The minimum Gasteiger partial charge on any atom is -0.313 e. The molecule has 18 heavy (non-hydrogen) atoms. The fourth-order valence-corrected chi connectivity index (χ4v) is 4.45. The molecule has 0 heterocycles. The van der Waals surface area contributed by atoms with Gasteiger partial charge >= 0.3 is 0 Å². The Morgan fingerprint density at radius 3 is 2.17 bits per heavy atom. The highest BCUT2D eigenvalue weighted by molar-refractivity contribution is 4.89. The van der Waals surface area contributed by atoms with Crippen molar-refractivity contribution in [2.75, 3.05) is 6.54 Å². The monoisotopic (exact) mass is 251 g/mol. The van der Waals surface area contributed by atoms with Crippen LogP contribution in [-0.4, -0.2) is 12.6 Å². The molecular weight excluding hydrogens is 218 g/mol. The Balaban J connectivity index is 1.81. The standard InChI is InChI=1S/C17H33N/c1-14(2)12-17(10-6-7-11-17)13-18-15(3)16-8-4-5-9-16/h14-16,18H,4-13H2,1-3H3. The molecule has 0 amide bonds. The van der Waals surface area contributed by atoms with Crippen LogP contribution in [0.3, 0.4) is 0 Å². The van der Waals surface area contributed by atoms with Gasteiger partial charge in [-0.3, -0.25) is 0 Å². The van der Waals surface area contributed by atoms with Crippen LogP contribution in [0.5, 0.6) is 0 Å². The number of hydrogen-bond donors (Lipinski definition) is 1. The average molecular weight is 251 g/mol. The molecule has 0 radical (unpaired) electrons. The van der Waals surface area contributed by atoms with Crippen LogP contribution >= 0.6 is 0 Å². The molecule has 1 unspecified atom stereocenters. The molecule has 0 bridgehead atoms. The first-order chi connectivity index (χ1) is 8.61. The minimum absolute atomic E-state index is 0.640. The van der Waals surface area contributed by atoms with E-state index in [0.29, 0.717) is 5.41 Å². The molecule has 0 aliphatic heterocycles. The van der Waals surface area contributed by atoms with E-state index in [1.165, 1.54) is 64.3 Å². The van der Waals surface area contributed by atoms with Crippen LogP contribution in [-0.2, 0) is 0 Å². The molecule has 0 saturated heterocycles. The second kappa shape index (κ2) is 6.41. The topological polar surface area (TPSA) is 12.0 Å². The van der Waals surface area contributed by atoms with Crippen LogP contribution in [0, 0.1) is 17.3 Å². The van der Waals surface area contributed by atoms with Crippen LogP contribution in [0.2, 0.25) is 0 Å². The highest BCUT2D eigenvalue weighted by Gasteiger charge is 2.35. The SMILES string of the molecule is CC(C)CC1(CNC(C)C2CCCC2)CCCC1. The second-order valence-corrected chi connectivity index (χ2v) is 7.52. The number of hydrogen-bond acceptors (Lipinski definition) is 1. The van der Waals surface area contributed by atoms with Crippen molar-refractivity contribution in [3.05, 3.63) is 0 Å². The van der Waals surface area contributed by atoms with Crippen LogP contribution in [0.1, 0.15) is 78.6 Å². The lowest BCUT2D eigenvalue weighted by molar-refractivity contribution is 0.206. The van der Waals surface area contributed by atoms with E-state index in [1.54, 1.807) is 0 Å². The molecule has 0 aromatic heterocycles. The number of nitrogens with one attached hydrogen (secondary N) is 1. The zero-order chi connectivity index (χ0) is 13.0. The van der Waals surface area contributed by atoms with Gasteiger partial charge in [-0.15, -0.1) is 0 Å². The van der Waals surface area contributed by atoms with Crippen molar-refractivity contribution in [3.63, 3.8) is 0 Å². The molecule has 1 heteroatoms. The zero-order valence-corrected chi connectivity index (χ0v) is 12.8. The summed E-state index contributed by atoms with van der Waals surface area (Å²) in [5.74, 6) is 1.81. The lowest BCUT2D eigenvalue weighted by Crippen LogP contribution is -2.40. The van der Waals surface area contributed by atoms with Crippen molar-refractivity contribution in [3.8, 4) is 0 Å². The highest BCUT2D eigenvalue weighted by atomic mass is 14.9. The van der Waals surface area contributed by atoms with E-state index < -0.39 is 0 Å². The van der Waals surface area contributed by atoms with Gasteiger partial charge in [0.2, 0.25) is 0 Å². The second-order valence-electron chi connectivity index (χ2n) is 7.52. The molecule has 2 aliphatic rings. The van der Waals surface area contributed by atoms with E-state index in [2.05, 4.69) is 26.1 Å². The van der Waals surface area contributed by atoms with Gasteiger partial charge < -0.3 is 5.32 Å². The van der Waals surface area contributed by atoms with Crippen molar-refractivity contribution in [2.24, 2.45) is 17.3 Å². The van der Waals surface area contributed by atoms with E-state index in [0.717, 1.165) is 17.9 Å². The fraction of sp³-hybridized carbons (Fsp3) is 1.00. The Morgan fingerprint density at radius 2 is 1.61 bits per heavy atom. The molecule has 106 valence electrons. The van der Waals surface area contributed by atoms with Gasteiger partial charge in [-0.25, -0.2) is 0 Å². The van der Waals surface area contributed by atoms with Crippen molar-refractivity contribution in [1.29, 1.82) is 0 Å². The zero-order valence-electron chi connectivity index (χ0n) is 12.8. The summed E-state index contributed by atoms with van der Waals surface area (Å²) in [7, 11) is 0. The normalized spacial score (nSPS) is 26.0. The van der Waals surface area contributed by atoms with Gasteiger partial charge in [-0.2, -0.15) is 0 Å². The van der Waals surface area contributed by atoms with Crippen LogP contribution < -0.4 is 5.32 Å². The smallest absolute Gasteiger partial charge is 0.00672 e. The van der Waals surface area contributed by atoms with Crippen molar-refractivity contribution >= 4 is 0 Å². The molecule has 2 saturated carbocycles. The van der Waals surface area contributed by atoms with E-state index in [-0.39, 0.29) is 0 Å².